The number of hydrogen-bond donors (Lipinski definition) is 0. The van der Waals surface area contributed by atoms with Crippen LogP contribution in [-0.4, -0.2) is 29.5 Å². The van der Waals surface area contributed by atoms with Crippen LogP contribution in [-0.2, 0) is 14.4 Å². The van der Waals surface area contributed by atoms with Crippen molar-refractivity contribution in [1.29, 1.82) is 0 Å². The molecular weight excluding hydrogens is 170 g/mol. The van der Waals surface area contributed by atoms with Gasteiger partial charge in [0.1, 0.15) is 5.78 Å². The minimum absolute atomic E-state index is 0.109. The largest absolute Gasteiger partial charge is 0.300 e. The maximum atomic E-state index is 11.5. The molecule has 0 bridgehead atoms. The van der Waals surface area contributed by atoms with Gasteiger partial charge in [0.25, 0.3) is 0 Å². The predicted octanol–water partition coefficient (Wildman–Crippen LogP) is -0.0296. The van der Waals surface area contributed by atoms with Crippen LogP contribution in [0.5, 0.6) is 0 Å². The zero-order chi connectivity index (χ0) is 9.59. The van der Waals surface area contributed by atoms with Gasteiger partial charge in [-0.15, -0.1) is 0 Å². The molecule has 70 valence electrons. The number of hydrogen-bond acceptors (Lipinski definition) is 3. The third-order valence-electron chi connectivity index (χ3n) is 2.96. The number of carbonyl (C=O) groups excluding carboxylic acids is 3. The number of likely N-dealkylation sites (tertiary alicyclic amines) is 1. The summed E-state index contributed by atoms with van der Waals surface area (Å²) in [6.07, 6.45) is 1.27. The van der Waals surface area contributed by atoms with Crippen LogP contribution in [0.25, 0.3) is 0 Å². The van der Waals surface area contributed by atoms with E-state index in [4.69, 9.17) is 0 Å². The smallest absolute Gasteiger partial charge is 0.233 e. The molecule has 0 unspecified atom stereocenters. The first kappa shape index (κ1) is 8.41. The van der Waals surface area contributed by atoms with Crippen molar-refractivity contribution >= 4 is 17.6 Å². The summed E-state index contributed by atoms with van der Waals surface area (Å²) in [6.45, 7) is 0. The number of amides is 2. The van der Waals surface area contributed by atoms with Crippen LogP contribution >= 0.6 is 0 Å². The van der Waals surface area contributed by atoms with Crippen LogP contribution in [0.3, 0.4) is 0 Å². The Morgan fingerprint density at radius 2 is 1.77 bits per heavy atom. The minimum Gasteiger partial charge on any atom is -0.300 e. The molecule has 4 nitrogen and oxygen atoms in total. The van der Waals surface area contributed by atoms with Crippen molar-refractivity contribution < 1.29 is 14.4 Å². The fourth-order valence-corrected chi connectivity index (χ4v) is 2.17. The van der Waals surface area contributed by atoms with Gasteiger partial charge in [0.15, 0.2) is 0 Å². The Labute approximate surface area is 75.9 Å². The molecule has 13 heavy (non-hydrogen) atoms. The summed E-state index contributed by atoms with van der Waals surface area (Å²) in [5.74, 6) is -0.739. The Hall–Kier alpha value is -1.19. The van der Waals surface area contributed by atoms with Gasteiger partial charge < -0.3 is 0 Å². The summed E-state index contributed by atoms with van der Waals surface area (Å²) in [4.78, 5) is 35.1. The number of ketones is 1. The number of carbonyl (C=O) groups is 3. The van der Waals surface area contributed by atoms with Gasteiger partial charge in [-0.25, -0.2) is 0 Å². The van der Waals surface area contributed by atoms with Gasteiger partial charge in [-0.3, -0.25) is 19.3 Å². The van der Waals surface area contributed by atoms with Crippen molar-refractivity contribution in [3.63, 3.8) is 0 Å². The van der Waals surface area contributed by atoms with E-state index in [9.17, 15) is 14.4 Å². The standard InChI is InChI=1S/C9H11NO3/c1-10-8(12)6-3-2-5(11)4-7(6)9(10)13/h6-7H,2-4H2,1H3/t6-,7+/m1/s1. The summed E-state index contributed by atoms with van der Waals surface area (Å²) < 4.78 is 0. The summed E-state index contributed by atoms with van der Waals surface area (Å²) in [5.41, 5.74) is 0. The second-order valence-electron chi connectivity index (χ2n) is 3.73. The molecule has 2 fully saturated rings. The summed E-state index contributed by atoms with van der Waals surface area (Å²) >= 11 is 0. The van der Waals surface area contributed by atoms with Crippen molar-refractivity contribution in [2.24, 2.45) is 11.8 Å². The number of Topliss-reactive ketones (excluding diaryl/α,β-unsaturated/α-hetero) is 1. The zero-order valence-electron chi connectivity index (χ0n) is 7.45. The molecular formula is C9H11NO3. The van der Waals surface area contributed by atoms with E-state index in [1.807, 2.05) is 0 Å². The highest BCUT2D eigenvalue weighted by molar-refractivity contribution is 6.07. The molecule has 0 radical (unpaired) electrons. The lowest BCUT2D eigenvalue weighted by Gasteiger charge is -2.18. The molecule has 2 atom stereocenters. The quantitative estimate of drug-likeness (QED) is 0.493. The molecule has 1 heterocycles. The first-order chi connectivity index (χ1) is 6.11. The molecule has 1 saturated carbocycles. The van der Waals surface area contributed by atoms with Gasteiger partial charge in [0.05, 0.1) is 11.8 Å². The van der Waals surface area contributed by atoms with Crippen LogP contribution in [0.2, 0.25) is 0 Å². The van der Waals surface area contributed by atoms with Gasteiger partial charge in [-0.2, -0.15) is 0 Å². The fraction of sp³-hybridized carbons (Fsp3) is 0.667. The lowest BCUT2D eigenvalue weighted by atomic mass is 9.80. The highest BCUT2D eigenvalue weighted by atomic mass is 16.2. The van der Waals surface area contributed by atoms with Crippen molar-refractivity contribution in [3.8, 4) is 0 Å². The molecule has 2 amide bonds. The molecule has 1 aliphatic heterocycles. The maximum absolute atomic E-state index is 11.5. The maximum Gasteiger partial charge on any atom is 0.233 e. The molecule has 2 aliphatic rings. The summed E-state index contributed by atoms with van der Waals surface area (Å²) in [5, 5.41) is 0. The summed E-state index contributed by atoms with van der Waals surface area (Å²) in [7, 11) is 1.49. The first-order valence-corrected chi connectivity index (χ1v) is 4.44. The highest BCUT2D eigenvalue weighted by Gasteiger charge is 2.48. The lowest BCUT2D eigenvalue weighted by Crippen LogP contribution is -2.27. The lowest BCUT2D eigenvalue weighted by molar-refractivity contribution is -0.138. The van der Waals surface area contributed by atoms with Crippen LogP contribution in [0, 0.1) is 11.8 Å². The Morgan fingerprint density at radius 3 is 2.46 bits per heavy atom. The molecule has 0 spiro atoms. The van der Waals surface area contributed by atoms with Gasteiger partial charge in [0.2, 0.25) is 11.8 Å². The van der Waals surface area contributed by atoms with E-state index >= 15 is 0 Å². The molecule has 0 aromatic heterocycles. The zero-order valence-corrected chi connectivity index (χ0v) is 7.45. The van der Waals surface area contributed by atoms with Crippen LogP contribution < -0.4 is 0 Å². The Balaban J connectivity index is 2.27. The van der Waals surface area contributed by atoms with E-state index in [1.54, 1.807) is 0 Å². The van der Waals surface area contributed by atoms with E-state index in [0.29, 0.717) is 12.8 Å². The molecule has 1 aliphatic carbocycles. The second kappa shape index (κ2) is 2.65. The van der Waals surface area contributed by atoms with E-state index in [-0.39, 0.29) is 35.9 Å². The van der Waals surface area contributed by atoms with E-state index < -0.39 is 0 Å². The number of imide groups is 1. The first-order valence-electron chi connectivity index (χ1n) is 4.44. The van der Waals surface area contributed by atoms with E-state index in [0.717, 1.165) is 4.90 Å². The van der Waals surface area contributed by atoms with Crippen LogP contribution in [0.15, 0.2) is 0 Å². The van der Waals surface area contributed by atoms with Crippen molar-refractivity contribution in [1.82, 2.24) is 4.90 Å². The number of nitrogens with zero attached hydrogens (tertiary/aromatic N) is 1. The number of fused-ring (bicyclic) bond motifs is 1. The monoisotopic (exact) mass is 181 g/mol. The topological polar surface area (TPSA) is 54.5 Å². The van der Waals surface area contributed by atoms with Crippen molar-refractivity contribution in [2.45, 2.75) is 19.3 Å². The normalized spacial score (nSPS) is 33.9. The Kier molecular flexibility index (Phi) is 1.71. The fourth-order valence-electron chi connectivity index (χ4n) is 2.17. The molecule has 1 saturated heterocycles. The van der Waals surface area contributed by atoms with Crippen molar-refractivity contribution in [2.75, 3.05) is 7.05 Å². The van der Waals surface area contributed by atoms with Crippen LogP contribution in [0.4, 0.5) is 0 Å². The van der Waals surface area contributed by atoms with Crippen molar-refractivity contribution in [3.05, 3.63) is 0 Å². The van der Waals surface area contributed by atoms with E-state index in [2.05, 4.69) is 0 Å². The molecule has 4 heteroatoms. The van der Waals surface area contributed by atoms with Gasteiger partial charge >= 0.3 is 0 Å². The van der Waals surface area contributed by atoms with Gasteiger partial charge in [-0.1, -0.05) is 0 Å². The Bertz CT molecular complexity index is 297. The predicted molar refractivity (Wildman–Crippen MR) is 43.6 cm³/mol. The summed E-state index contributed by atoms with van der Waals surface area (Å²) in [6, 6.07) is 0. The third-order valence-corrected chi connectivity index (χ3v) is 2.96. The molecule has 2 rings (SSSR count). The molecule has 0 N–H and O–H groups in total. The molecule has 0 aromatic rings. The van der Waals surface area contributed by atoms with Gasteiger partial charge in [0, 0.05) is 19.9 Å². The molecule has 0 aromatic carbocycles. The Morgan fingerprint density at radius 1 is 1.15 bits per heavy atom. The average molecular weight is 181 g/mol. The second-order valence-corrected chi connectivity index (χ2v) is 3.73. The van der Waals surface area contributed by atoms with Crippen LogP contribution in [0.1, 0.15) is 19.3 Å². The van der Waals surface area contributed by atoms with E-state index in [1.165, 1.54) is 7.05 Å². The third kappa shape index (κ3) is 1.08. The highest BCUT2D eigenvalue weighted by Crippen LogP contribution is 2.35. The van der Waals surface area contributed by atoms with Gasteiger partial charge in [-0.05, 0) is 6.42 Å². The average Bonchev–Trinajstić information content (AvgIpc) is 2.32. The SMILES string of the molecule is CN1C(=O)[C@H]2CC(=O)CC[C@H]2C1=O. The minimum atomic E-state index is -0.348. The number of rotatable bonds is 0.